The Morgan fingerprint density at radius 1 is 1.56 bits per heavy atom. The Morgan fingerprint density at radius 2 is 2.22 bits per heavy atom. The minimum absolute atomic E-state index is 0.248. The van der Waals surface area contributed by atoms with Gasteiger partial charge in [-0.25, -0.2) is 9.10 Å². The summed E-state index contributed by atoms with van der Waals surface area (Å²) in [5, 5.41) is 2.45. The Balaban J connectivity index is 2.62. The zero-order chi connectivity index (χ0) is 6.85. The van der Waals surface area contributed by atoms with Gasteiger partial charge in [0.05, 0.1) is 0 Å². The number of amides is 3. The van der Waals surface area contributed by atoms with Gasteiger partial charge in [0.25, 0.3) is 0 Å². The van der Waals surface area contributed by atoms with Crippen LogP contribution in [0.15, 0.2) is 0 Å². The van der Waals surface area contributed by atoms with Gasteiger partial charge in [-0.1, -0.05) is 12.8 Å². The van der Waals surface area contributed by atoms with Crippen molar-refractivity contribution in [3.63, 3.8) is 0 Å². The van der Waals surface area contributed by atoms with Gasteiger partial charge in [-0.2, -0.15) is 0 Å². The van der Waals surface area contributed by atoms with E-state index >= 15 is 0 Å². The number of thiol groups is 1. The molecule has 3 amide bonds. The van der Waals surface area contributed by atoms with Gasteiger partial charge in [0.1, 0.15) is 0 Å². The minimum Gasteiger partial charge on any atom is -0.336 e. The molecule has 0 aromatic rings. The summed E-state index contributed by atoms with van der Waals surface area (Å²) in [6.45, 7) is 0.425. The van der Waals surface area contributed by atoms with Crippen LogP contribution in [0.5, 0.6) is 0 Å². The lowest BCUT2D eigenvalue weighted by Gasteiger charge is -2.19. The average molecular weight is 146 g/mol. The van der Waals surface area contributed by atoms with Crippen LogP contribution >= 0.6 is 12.8 Å². The van der Waals surface area contributed by atoms with Crippen molar-refractivity contribution >= 4 is 24.8 Å². The van der Waals surface area contributed by atoms with Gasteiger partial charge in [-0.15, -0.1) is 0 Å². The fourth-order valence-electron chi connectivity index (χ4n) is 0.570. The fraction of sp³-hybridized carbons (Fsp3) is 0.500. The predicted molar refractivity (Wildman–Crippen MR) is 33.8 cm³/mol. The molecule has 1 aliphatic heterocycles. The van der Waals surface area contributed by atoms with Crippen molar-refractivity contribution < 1.29 is 9.59 Å². The standard InChI is InChI=1S/C4H6N2O2S/c7-3-1-2-5-4(8)6(3)9/h9H,1-2H2,(H,5,8). The molecule has 50 valence electrons. The predicted octanol–water partition coefficient (Wildman–Crippen LogP) is -0.227. The van der Waals surface area contributed by atoms with E-state index in [1.165, 1.54) is 0 Å². The number of imide groups is 1. The van der Waals surface area contributed by atoms with Crippen LogP contribution in [-0.2, 0) is 4.79 Å². The first-order valence-corrected chi connectivity index (χ1v) is 2.91. The molecule has 1 N–H and O–H groups in total. The van der Waals surface area contributed by atoms with Crippen molar-refractivity contribution in [1.29, 1.82) is 0 Å². The SMILES string of the molecule is O=C1CCNC(=O)N1S. The first kappa shape index (κ1) is 6.41. The highest BCUT2D eigenvalue weighted by Crippen LogP contribution is 2.02. The second-order valence-corrected chi connectivity index (χ2v) is 2.09. The topological polar surface area (TPSA) is 49.4 Å². The lowest BCUT2D eigenvalue weighted by atomic mass is 10.3. The van der Waals surface area contributed by atoms with E-state index in [1.807, 2.05) is 0 Å². The molecule has 1 fully saturated rings. The molecule has 0 saturated carbocycles. The van der Waals surface area contributed by atoms with Crippen molar-refractivity contribution in [3.8, 4) is 0 Å². The zero-order valence-corrected chi connectivity index (χ0v) is 5.52. The molecule has 9 heavy (non-hydrogen) atoms. The summed E-state index contributed by atoms with van der Waals surface area (Å²) >= 11 is 3.62. The Hall–Kier alpha value is -0.710. The Kier molecular flexibility index (Phi) is 1.61. The molecule has 0 atom stereocenters. The van der Waals surface area contributed by atoms with Gasteiger partial charge in [0, 0.05) is 13.0 Å². The van der Waals surface area contributed by atoms with Crippen molar-refractivity contribution in [2.75, 3.05) is 6.54 Å². The smallest absolute Gasteiger partial charge is 0.334 e. The number of rotatable bonds is 0. The summed E-state index contributed by atoms with van der Waals surface area (Å²) in [7, 11) is 0. The molecule has 0 radical (unpaired) electrons. The summed E-state index contributed by atoms with van der Waals surface area (Å²) in [5.74, 6) is -0.248. The number of carbonyl (C=O) groups is 2. The summed E-state index contributed by atoms with van der Waals surface area (Å²) in [6.07, 6.45) is 0.342. The number of hydrogen-bond acceptors (Lipinski definition) is 3. The number of nitrogens with one attached hydrogen (secondary N) is 1. The lowest BCUT2D eigenvalue weighted by Crippen LogP contribution is -2.44. The summed E-state index contributed by atoms with van der Waals surface area (Å²) in [6, 6.07) is -0.436. The molecule has 1 aliphatic rings. The Bertz CT molecular complexity index is 143. The maximum atomic E-state index is 10.6. The molecule has 1 saturated heterocycles. The van der Waals surface area contributed by atoms with E-state index in [1.54, 1.807) is 0 Å². The van der Waals surface area contributed by atoms with Crippen molar-refractivity contribution in [2.24, 2.45) is 0 Å². The normalized spacial score (nSPS) is 19.9. The molecular weight excluding hydrogens is 140 g/mol. The van der Waals surface area contributed by atoms with Crippen LogP contribution < -0.4 is 5.32 Å². The Labute approximate surface area is 57.8 Å². The molecule has 1 heterocycles. The maximum absolute atomic E-state index is 10.6. The third-order valence-corrected chi connectivity index (χ3v) is 1.45. The largest absolute Gasteiger partial charge is 0.336 e. The summed E-state index contributed by atoms with van der Waals surface area (Å²) in [4.78, 5) is 21.1. The second-order valence-electron chi connectivity index (χ2n) is 1.69. The zero-order valence-electron chi connectivity index (χ0n) is 4.63. The second kappa shape index (κ2) is 2.26. The molecule has 0 aromatic carbocycles. The van der Waals surface area contributed by atoms with Gasteiger partial charge in [-0.05, 0) is 0 Å². The van der Waals surface area contributed by atoms with E-state index in [-0.39, 0.29) is 5.91 Å². The third kappa shape index (κ3) is 1.16. The molecular formula is C4H6N2O2S. The van der Waals surface area contributed by atoms with Crippen LogP contribution in [-0.4, -0.2) is 22.8 Å². The van der Waals surface area contributed by atoms with Crippen LogP contribution in [0.25, 0.3) is 0 Å². The van der Waals surface area contributed by atoms with E-state index in [9.17, 15) is 9.59 Å². The van der Waals surface area contributed by atoms with E-state index in [4.69, 9.17) is 0 Å². The van der Waals surface area contributed by atoms with Gasteiger partial charge in [0.15, 0.2) is 0 Å². The van der Waals surface area contributed by atoms with E-state index in [0.29, 0.717) is 13.0 Å². The van der Waals surface area contributed by atoms with Crippen LogP contribution in [0.4, 0.5) is 4.79 Å². The molecule has 5 heteroatoms. The number of urea groups is 1. The lowest BCUT2D eigenvalue weighted by molar-refractivity contribution is -0.124. The molecule has 0 aromatic heterocycles. The Morgan fingerprint density at radius 3 is 2.67 bits per heavy atom. The summed E-state index contributed by atoms with van der Waals surface area (Å²) in [5.41, 5.74) is 0. The van der Waals surface area contributed by atoms with E-state index in [2.05, 4.69) is 18.1 Å². The highest BCUT2D eigenvalue weighted by atomic mass is 32.1. The molecule has 1 rings (SSSR count). The first-order chi connectivity index (χ1) is 4.22. The van der Waals surface area contributed by atoms with Crippen LogP contribution in [0.3, 0.4) is 0 Å². The number of nitrogens with zero attached hydrogens (tertiary/aromatic N) is 1. The van der Waals surface area contributed by atoms with Gasteiger partial charge in [-0.3, -0.25) is 4.79 Å². The van der Waals surface area contributed by atoms with Crippen molar-refractivity contribution in [1.82, 2.24) is 9.62 Å². The number of hydrogen-bond donors (Lipinski definition) is 2. The summed E-state index contributed by atoms with van der Waals surface area (Å²) < 4.78 is 0.781. The quantitative estimate of drug-likeness (QED) is 0.464. The number of carbonyl (C=O) groups excluding carboxylic acids is 2. The van der Waals surface area contributed by atoms with Crippen LogP contribution in [0.2, 0.25) is 0 Å². The van der Waals surface area contributed by atoms with Gasteiger partial charge >= 0.3 is 6.03 Å². The highest BCUT2D eigenvalue weighted by Gasteiger charge is 2.21. The van der Waals surface area contributed by atoms with Crippen LogP contribution in [0.1, 0.15) is 6.42 Å². The average Bonchev–Trinajstić information content (AvgIpc) is 1.83. The van der Waals surface area contributed by atoms with Crippen molar-refractivity contribution in [3.05, 3.63) is 0 Å². The molecule has 0 aliphatic carbocycles. The minimum atomic E-state index is -0.436. The fourth-order valence-corrected chi connectivity index (χ4v) is 0.741. The van der Waals surface area contributed by atoms with Crippen molar-refractivity contribution in [2.45, 2.75) is 6.42 Å². The third-order valence-electron chi connectivity index (χ3n) is 1.04. The molecule has 0 unspecified atom stereocenters. The molecule has 4 nitrogen and oxygen atoms in total. The highest BCUT2D eigenvalue weighted by molar-refractivity contribution is 7.79. The molecule has 0 spiro atoms. The molecule has 0 bridgehead atoms. The van der Waals surface area contributed by atoms with Crippen LogP contribution in [0, 0.1) is 0 Å². The maximum Gasteiger partial charge on any atom is 0.334 e. The van der Waals surface area contributed by atoms with Gasteiger partial charge in [0.2, 0.25) is 5.91 Å². The van der Waals surface area contributed by atoms with E-state index in [0.717, 1.165) is 4.31 Å². The monoisotopic (exact) mass is 146 g/mol. The first-order valence-electron chi connectivity index (χ1n) is 2.51. The van der Waals surface area contributed by atoms with E-state index < -0.39 is 6.03 Å². The van der Waals surface area contributed by atoms with Gasteiger partial charge < -0.3 is 5.32 Å².